The lowest BCUT2D eigenvalue weighted by molar-refractivity contribution is 0.144. The molecule has 3 N–H and O–H groups in total. The molecule has 0 radical (unpaired) electrons. The van der Waals surface area contributed by atoms with Crippen molar-refractivity contribution >= 4 is 10.1 Å². The minimum absolute atomic E-state index is 0.0770. The number of hydrogen-bond acceptors (Lipinski definition) is 7. The Labute approximate surface area is 132 Å². The number of methoxy groups -OCH3 is 1. The Kier molecular flexibility index (Phi) is 10.8. The highest BCUT2D eigenvalue weighted by molar-refractivity contribution is 7.85. The molecule has 0 aliphatic heterocycles. The van der Waals surface area contributed by atoms with Crippen LogP contribution in [0, 0.1) is 0 Å². The fraction of sp³-hybridized carbons (Fsp3) is 0.571. The molecule has 0 saturated carbocycles. The van der Waals surface area contributed by atoms with Gasteiger partial charge in [0.2, 0.25) is 0 Å². The molecule has 0 aromatic heterocycles. The number of aliphatic hydroxyl groups excluding tert-OH is 1. The Bertz CT molecular complexity index is 518. The molecule has 0 aliphatic rings. The van der Waals surface area contributed by atoms with Crippen LogP contribution < -0.4 is 10.5 Å². The molecular weight excluding hydrogens is 310 g/mol. The Hall–Kier alpha value is -1.19. The van der Waals surface area contributed by atoms with E-state index in [4.69, 9.17) is 9.47 Å². The SMILES string of the molecule is CN.COCCOc1ccc(CCOS(C)(=O)=O)cc1CO. The topological polar surface area (TPSA) is 108 Å². The molecule has 0 aliphatic carbocycles. The van der Waals surface area contributed by atoms with Crippen molar-refractivity contribution in [3.8, 4) is 5.75 Å². The average Bonchev–Trinajstić information content (AvgIpc) is 2.49. The summed E-state index contributed by atoms with van der Waals surface area (Å²) in [6, 6.07) is 5.33. The number of ether oxygens (including phenoxy) is 2. The van der Waals surface area contributed by atoms with Crippen LogP contribution in [0.25, 0.3) is 0 Å². The maximum Gasteiger partial charge on any atom is 0.264 e. The quantitative estimate of drug-likeness (QED) is 0.493. The third-order valence-electron chi connectivity index (χ3n) is 2.53. The Morgan fingerprint density at radius 1 is 1.18 bits per heavy atom. The number of rotatable bonds is 9. The molecule has 22 heavy (non-hydrogen) atoms. The molecule has 0 bridgehead atoms. The zero-order valence-corrected chi connectivity index (χ0v) is 14.1. The van der Waals surface area contributed by atoms with Crippen molar-refractivity contribution in [1.29, 1.82) is 0 Å². The van der Waals surface area contributed by atoms with Crippen LogP contribution in [0.4, 0.5) is 0 Å². The van der Waals surface area contributed by atoms with E-state index < -0.39 is 10.1 Å². The maximum atomic E-state index is 10.9. The minimum atomic E-state index is -3.42. The summed E-state index contributed by atoms with van der Waals surface area (Å²) in [6.07, 6.45) is 1.46. The lowest BCUT2D eigenvalue weighted by Gasteiger charge is -2.11. The first-order valence-electron chi connectivity index (χ1n) is 6.73. The zero-order valence-electron chi connectivity index (χ0n) is 13.2. The number of aliphatic hydroxyl groups is 1. The molecule has 7 nitrogen and oxygen atoms in total. The van der Waals surface area contributed by atoms with E-state index >= 15 is 0 Å². The van der Waals surface area contributed by atoms with E-state index in [0.29, 0.717) is 30.9 Å². The number of benzene rings is 1. The van der Waals surface area contributed by atoms with E-state index in [0.717, 1.165) is 11.8 Å². The van der Waals surface area contributed by atoms with E-state index in [-0.39, 0.29) is 13.2 Å². The molecule has 1 aromatic carbocycles. The first-order chi connectivity index (χ1) is 10.5. The van der Waals surface area contributed by atoms with Gasteiger partial charge >= 0.3 is 0 Å². The molecule has 0 heterocycles. The van der Waals surface area contributed by atoms with Gasteiger partial charge in [-0.3, -0.25) is 4.18 Å². The predicted molar refractivity (Wildman–Crippen MR) is 84.3 cm³/mol. The van der Waals surface area contributed by atoms with E-state index in [9.17, 15) is 13.5 Å². The summed E-state index contributed by atoms with van der Waals surface area (Å²) in [5.41, 5.74) is 6.02. The lowest BCUT2D eigenvalue weighted by Crippen LogP contribution is -2.08. The van der Waals surface area contributed by atoms with Crippen LogP contribution >= 0.6 is 0 Å². The second-order valence-electron chi connectivity index (χ2n) is 4.22. The fourth-order valence-electron chi connectivity index (χ4n) is 1.60. The van der Waals surface area contributed by atoms with Gasteiger partial charge in [-0.25, -0.2) is 0 Å². The molecule has 0 unspecified atom stereocenters. The van der Waals surface area contributed by atoms with Gasteiger partial charge in [-0.05, 0) is 31.2 Å². The molecule has 0 amide bonds. The van der Waals surface area contributed by atoms with Gasteiger partial charge in [0.15, 0.2) is 0 Å². The summed E-state index contributed by atoms with van der Waals surface area (Å²) in [6.45, 7) is 0.797. The van der Waals surface area contributed by atoms with E-state index in [1.165, 1.54) is 7.05 Å². The summed E-state index contributed by atoms with van der Waals surface area (Å²) in [7, 11) is -0.337. The van der Waals surface area contributed by atoms with Crippen LogP contribution in [-0.2, 0) is 32.1 Å². The molecule has 0 fully saturated rings. The van der Waals surface area contributed by atoms with Crippen molar-refractivity contribution in [2.75, 3.05) is 40.2 Å². The summed E-state index contributed by atoms with van der Waals surface area (Å²) in [5, 5.41) is 9.32. The third kappa shape index (κ3) is 8.96. The molecular formula is C14H25NO6S. The molecule has 1 rings (SSSR count). The predicted octanol–water partition coefficient (Wildman–Crippen LogP) is 0.298. The summed E-state index contributed by atoms with van der Waals surface area (Å²) >= 11 is 0. The third-order valence-corrected chi connectivity index (χ3v) is 3.12. The van der Waals surface area contributed by atoms with E-state index in [1.54, 1.807) is 19.2 Å². The summed E-state index contributed by atoms with van der Waals surface area (Å²) in [5.74, 6) is 0.595. The van der Waals surface area contributed by atoms with Gasteiger partial charge in [-0.2, -0.15) is 8.42 Å². The van der Waals surface area contributed by atoms with Gasteiger partial charge in [-0.1, -0.05) is 6.07 Å². The van der Waals surface area contributed by atoms with Crippen LogP contribution in [0.5, 0.6) is 5.75 Å². The van der Waals surface area contributed by atoms with Gasteiger partial charge < -0.3 is 20.3 Å². The molecule has 8 heteroatoms. The largest absolute Gasteiger partial charge is 0.491 e. The lowest BCUT2D eigenvalue weighted by atomic mass is 10.1. The van der Waals surface area contributed by atoms with E-state index in [1.807, 2.05) is 6.07 Å². The van der Waals surface area contributed by atoms with Gasteiger partial charge in [0.1, 0.15) is 12.4 Å². The first-order valence-corrected chi connectivity index (χ1v) is 8.54. The normalized spacial score (nSPS) is 10.8. The summed E-state index contributed by atoms with van der Waals surface area (Å²) < 4.78 is 36.7. The highest BCUT2D eigenvalue weighted by Gasteiger charge is 2.06. The fourth-order valence-corrected chi connectivity index (χ4v) is 1.98. The van der Waals surface area contributed by atoms with Crippen molar-refractivity contribution in [3.63, 3.8) is 0 Å². The Morgan fingerprint density at radius 3 is 2.41 bits per heavy atom. The second-order valence-corrected chi connectivity index (χ2v) is 5.86. The van der Waals surface area contributed by atoms with Crippen molar-refractivity contribution in [2.45, 2.75) is 13.0 Å². The highest BCUT2D eigenvalue weighted by atomic mass is 32.2. The van der Waals surface area contributed by atoms with Crippen molar-refractivity contribution in [1.82, 2.24) is 0 Å². The monoisotopic (exact) mass is 335 g/mol. The van der Waals surface area contributed by atoms with Crippen molar-refractivity contribution < 1.29 is 27.2 Å². The first kappa shape index (κ1) is 20.8. The van der Waals surface area contributed by atoms with Crippen LogP contribution in [0.1, 0.15) is 11.1 Å². The molecule has 0 spiro atoms. The van der Waals surface area contributed by atoms with E-state index in [2.05, 4.69) is 9.92 Å². The molecule has 1 aromatic rings. The Morgan fingerprint density at radius 2 is 1.86 bits per heavy atom. The smallest absolute Gasteiger partial charge is 0.264 e. The van der Waals surface area contributed by atoms with Crippen molar-refractivity contribution in [2.24, 2.45) is 5.73 Å². The standard InChI is InChI=1S/C13H20O6S.CH5N/c1-17-7-8-18-13-4-3-11(9-12(13)10-14)5-6-19-20(2,15)16;1-2/h3-4,9,14H,5-8,10H2,1-2H3;2H2,1H3. The van der Waals surface area contributed by atoms with Crippen LogP contribution in [0.3, 0.4) is 0 Å². The number of hydrogen-bond donors (Lipinski definition) is 2. The maximum absolute atomic E-state index is 10.9. The van der Waals surface area contributed by atoms with Gasteiger partial charge in [0, 0.05) is 12.7 Å². The molecule has 0 saturated heterocycles. The summed E-state index contributed by atoms with van der Waals surface area (Å²) in [4.78, 5) is 0. The molecule has 0 atom stereocenters. The second kappa shape index (κ2) is 11.4. The van der Waals surface area contributed by atoms with Crippen molar-refractivity contribution in [3.05, 3.63) is 29.3 Å². The van der Waals surface area contributed by atoms with Gasteiger partial charge in [-0.15, -0.1) is 0 Å². The minimum Gasteiger partial charge on any atom is -0.491 e. The number of nitrogens with two attached hydrogens (primary N) is 1. The van der Waals surface area contributed by atoms with Gasteiger partial charge in [0.25, 0.3) is 10.1 Å². The van der Waals surface area contributed by atoms with Gasteiger partial charge in [0.05, 0.1) is 26.1 Å². The van der Waals surface area contributed by atoms with Crippen LogP contribution in [0.15, 0.2) is 18.2 Å². The average molecular weight is 335 g/mol. The zero-order chi connectivity index (χ0) is 17.0. The molecule has 128 valence electrons. The highest BCUT2D eigenvalue weighted by Crippen LogP contribution is 2.20. The van der Waals surface area contributed by atoms with Crippen LogP contribution in [0.2, 0.25) is 0 Å². The Balaban J connectivity index is 0.00000211. The van der Waals surface area contributed by atoms with Crippen LogP contribution in [-0.4, -0.2) is 53.8 Å².